The summed E-state index contributed by atoms with van der Waals surface area (Å²) in [6.45, 7) is 6.43. The van der Waals surface area contributed by atoms with E-state index in [4.69, 9.17) is 0 Å². The minimum atomic E-state index is -0.325. The smallest absolute Gasteiger partial charge is 0.337 e. The summed E-state index contributed by atoms with van der Waals surface area (Å²) in [7, 11) is 1.37. The molecule has 0 amide bonds. The van der Waals surface area contributed by atoms with Crippen molar-refractivity contribution in [3.63, 3.8) is 0 Å². The number of methoxy groups -OCH3 is 1. The largest absolute Gasteiger partial charge is 0.465 e. The van der Waals surface area contributed by atoms with Crippen molar-refractivity contribution in [2.75, 3.05) is 19.0 Å². The van der Waals surface area contributed by atoms with Gasteiger partial charge in [-0.3, -0.25) is 0 Å². The van der Waals surface area contributed by atoms with E-state index >= 15 is 0 Å². The molecule has 80 valence electrons. The Morgan fingerprint density at radius 1 is 1.53 bits per heavy atom. The second kappa shape index (κ2) is 5.20. The SMILES string of the molecule is C=C(C)CNc1cccc(C(=O)OC)c1. The van der Waals surface area contributed by atoms with Gasteiger partial charge in [0.05, 0.1) is 12.7 Å². The number of hydrogen-bond donors (Lipinski definition) is 1. The number of carbonyl (C=O) groups excluding carboxylic acids is 1. The van der Waals surface area contributed by atoms with E-state index < -0.39 is 0 Å². The average Bonchev–Trinajstić information content (AvgIpc) is 2.25. The number of rotatable bonds is 4. The molecule has 0 fully saturated rings. The van der Waals surface area contributed by atoms with Crippen LogP contribution in [0.4, 0.5) is 5.69 Å². The predicted molar refractivity (Wildman–Crippen MR) is 61.1 cm³/mol. The van der Waals surface area contributed by atoms with Crippen LogP contribution in [0.25, 0.3) is 0 Å². The van der Waals surface area contributed by atoms with Gasteiger partial charge in [0.1, 0.15) is 0 Å². The van der Waals surface area contributed by atoms with Crippen molar-refractivity contribution in [2.45, 2.75) is 6.92 Å². The Balaban J connectivity index is 2.74. The highest BCUT2D eigenvalue weighted by atomic mass is 16.5. The van der Waals surface area contributed by atoms with E-state index in [1.54, 1.807) is 12.1 Å². The molecule has 3 nitrogen and oxygen atoms in total. The fourth-order valence-electron chi connectivity index (χ4n) is 1.13. The molecule has 1 N–H and O–H groups in total. The Hall–Kier alpha value is -1.77. The fraction of sp³-hybridized carbons (Fsp3) is 0.250. The topological polar surface area (TPSA) is 38.3 Å². The van der Waals surface area contributed by atoms with E-state index in [-0.39, 0.29) is 5.97 Å². The van der Waals surface area contributed by atoms with Crippen LogP contribution < -0.4 is 5.32 Å². The van der Waals surface area contributed by atoms with Gasteiger partial charge in [0.25, 0.3) is 0 Å². The monoisotopic (exact) mass is 205 g/mol. The normalized spacial score (nSPS) is 9.47. The molecule has 0 aliphatic heterocycles. The van der Waals surface area contributed by atoms with Crippen LogP contribution in [0.3, 0.4) is 0 Å². The number of nitrogens with one attached hydrogen (secondary N) is 1. The Labute approximate surface area is 89.8 Å². The molecule has 0 spiro atoms. The maximum atomic E-state index is 11.2. The van der Waals surface area contributed by atoms with Crippen LogP contribution in [0.5, 0.6) is 0 Å². The lowest BCUT2D eigenvalue weighted by Crippen LogP contribution is -2.05. The van der Waals surface area contributed by atoms with Gasteiger partial charge in [-0.15, -0.1) is 0 Å². The predicted octanol–water partition coefficient (Wildman–Crippen LogP) is 2.46. The van der Waals surface area contributed by atoms with Crippen molar-refractivity contribution in [1.29, 1.82) is 0 Å². The first kappa shape index (κ1) is 11.3. The summed E-state index contributed by atoms with van der Waals surface area (Å²) >= 11 is 0. The summed E-state index contributed by atoms with van der Waals surface area (Å²) in [5.74, 6) is -0.325. The number of benzene rings is 1. The van der Waals surface area contributed by atoms with E-state index in [0.29, 0.717) is 12.1 Å². The van der Waals surface area contributed by atoms with Gasteiger partial charge in [-0.05, 0) is 25.1 Å². The van der Waals surface area contributed by atoms with Gasteiger partial charge < -0.3 is 10.1 Å². The van der Waals surface area contributed by atoms with Crippen molar-refractivity contribution in [3.8, 4) is 0 Å². The van der Waals surface area contributed by atoms with E-state index in [9.17, 15) is 4.79 Å². The quantitative estimate of drug-likeness (QED) is 0.606. The van der Waals surface area contributed by atoms with Gasteiger partial charge in [-0.1, -0.05) is 18.2 Å². The third-order valence-corrected chi connectivity index (χ3v) is 1.88. The molecular weight excluding hydrogens is 190 g/mol. The molecule has 0 saturated carbocycles. The third kappa shape index (κ3) is 3.46. The van der Waals surface area contributed by atoms with E-state index in [1.807, 2.05) is 19.1 Å². The van der Waals surface area contributed by atoms with Crippen molar-refractivity contribution < 1.29 is 9.53 Å². The number of hydrogen-bond acceptors (Lipinski definition) is 3. The zero-order valence-electron chi connectivity index (χ0n) is 9.04. The van der Waals surface area contributed by atoms with E-state index in [1.165, 1.54) is 7.11 Å². The zero-order valence-corrected chi connectivity index (χ0v) is 9.04. The van der Waals surface area contributed by atoms with Crippen LogP contribution in [-0.4, -0.2) is 19.6 Å². The standard InChI is InChI=1S/C12H15NO2/c1-9(2)8-13-11-6-4-5-10(7-11)12(14)15-3/h4-7,13H,1,8H2,2-3H3. The Kier molecular flexibility index (Phi) is 3.92. The van der Waals surface area contributed by atoms with Crippen LogP contribution in [0.1, 0.15) is 17.3 Å². The highest BCUT2D eigenvalue weighted by molar-refractivity contribution is 5.90. The van der Waals surface area contributed by atoms with Crippen molar-refractivity contribution >= 4 is 11.7 Å². The summed E-state index contributed by atoms with van der Waals surface area (Å²) in [6, 6.07) is 7.19. The minimum Gasteiger partial charge on any atom is -0.465 e. The van der Waals surface area contributed by atoms with Gasteiger partial charge >= 0.3 is 5.97 Å². The molecule has 0 unspecified atom stereocenters. The third-order valence-electron chi connectivity index (χ3n) is 1.88. The van der Waals surface area contributed by atoms with Gasteiger partial charge in [0.15, 0.2) is 0 Å². The maximum absolute atomic E-state index is 11.2. The lowest BCUT2D eigenvalue weighted by molar-refractivity contribution is 0.0601. The molecule has 0 aliphatic carbocycles. The van der Waals surface area contributed by atoms with Gasteiger partial charge in [-0.25, -0.2) is 4.79 Å². The van der Waals surface area contributed by atoms with Gasteiger partial charge in [-0.2, -0.15) is 0 Å². The second-order valence-electron chi connectivity index (χ2n) is 3.38. The molecule has 0 bridgehead atoms. The lowest BCUT2D eigenvalue weighted by atomic mass is 10.2. The molecule has 0 atom stereocenters. The first-order chi connectivity index (χ1) is 7.13. The summed E-state index contributed by atoms with van der Waals surface area (Å²) in [5.41, 5.74) is 2.48. The fourth-order valence-corrected chi connectivity index (χ4v) is 1.13. The molecule has 0 radical (unpaired) electrons. The zero-order chi connectivity index (χ0) is 11.3. The number of carbonyl (C=O) groups is 1. The number of anilines is 1. The molecular formula is C12H15NO2. The molecule has 0 aromatic heterocycles. The Morgan fingerprint density at radius 3 is 2.87 bits per heavy atom. The van der Waals surface area contributed by atoms with Crippen LogP contribution in [-0.2, 0) is 4.74 Å². The summed E-state index contributed by atoms with van der Waals surface area (Å²) in [5, 5.41) is 3.16. The van der Waals surface area contributed by atoms with Gasteiger partial charge in [0.2, 0.25) is 0 Å². The van der Waals surface area contributed by atoms with Crippen molar-refractivity contribution in [3.05, 3.63) is 42.0 Å². The number of ether oxygens (including phenoxy) is 1. The maximum Gasteiger partial charge on any atom is 0.337 e. The molecule has 1 aromatic rings. The summed E-state index contributed by atoms with van der Waals surface area (Å²) in [6.07, 6.45) is 0. The van der Waals surface area contributed by atoms with Crippen LogP contribution in [0.15, 0.2) is 36.4 Å². The Bertz CT molecular complexity index is 372. The molecule has 3 heteroatoms. The average molecular weight is 205 g/mol. The molecule has 1 aromatic carbocycles. The van der Waals surface area contributed by atoms with Crippen LogP contribution in [0, 0.1) is 0 Å². The summed E-state index contributed by atoms with van der Waals surface area (Å²) in [4.78, 5) is 11.2. The van der Waals surface area contributed by atoms with Crippen molar-refractivity contribution in [1.82, 2.24) is 0 Å². The Morgan fingerprint density at radius 2 is 2.27 bits per heavy atom. The first-order valence-electron chi connectivity index (χ1n) is 4.70. The minimum absolute atomic E-state index is 0.325. The highest BCUT2D eigenvalue weighted by Gasteiger charge is 2.04. The number of esters is 1. The highest BCUT2D eigenvalue weighted by Crippen LogP contribution is 2.11. The van der Waals surface area contributed by atoms with Crippen molar-refractivity contribution in [2.24, 2.45) is 0 Å². The lowest BCUT2D eigenvalue weighted by Gasteiger charge is -2.07. The molecule has 1 rings (SSSR count). The van der Waals surface area contributed by atoms with E-state index in [0.717, 1.165) is 11.3 Å². The van der Waals surface area contributed by atoms with Gasteiger partial charge in [0, 0.05) is 12.2 Å². The first-order valence-corrected chi connectivity index (χ1v) is 4.70. The van der Waals surface area contributed by atoms with E-state index in [2.05, 4.69) is 16.6 Å². The van der Waals surface area contributed by atoms with Crippen LogP contribution in [0.2, 0.25) is 0 Å². The molecule has 15 heavy (non-hydrogen) atoms. The summed E-state index contributed by atoms with van der Waals surface area (Å²) < 4.78 is 4.63. The second-order valence-corrected chi connectivity index (χ2v) is 3.38. The molecule has 0 saturated heterocycles. The molecule has 0 aliphatic rings. The molecule has 0 heterocycles. The van der Waals surface area contributed by atoms with Crippen LogP contribution >= 0.6 is 0 Å².